The van der Waals surface area contributed by atoms with Gasteiger partial charge in [-0.2, -0.15) is 0 Å². The third-order valence-electron chi connectivity index (χ3n) is 7.38. The van der Waals surface area contributed by atoms with Crippen LogP contribution in [0.1, 0.15) is 49.7 Å². The average molecular weight is 432 g/mol. The van der Waals surface area contributed by atoms with Gasteiger partial charge in [0.25, 0.3) is 5.91 Å². The van der Waals surface area contributed by atoms with E-state index in [4.69, 9.17) is 0 Å². The maximum absolute atomic E-state index is 13.8. The maximum Gasteiger partial charge on any atom is 0.326 e. The summed E-state index contributed by atoms with van der Waals surface area (Å²) in [5.74, 6) is 0.0322. The van der Waals surface area contributed by atoms with E-state index in [-0.39, 0.29) is 18.5 Å². The first-order chi connectivity index (χ1) is 15.6. The van der Waals surface area contributed by atoms with E-state index in [0.717, 1.165) is 24.2 Å². The van der Waals surface area contributed by atoms with Crippen LogP contribution in [0.4, 0.5) is 4.79 Å². The Hall–Kier alpha value is -3.15. The number of urea groups is 1. The minimum absolute atomic E-state index is 0.123. The summed E-state index contributed by atoms with van der Waals surface area (Å²) >= 11 is 0. The second kappa shape index (κ2) is 8.41. The van der Waals surface area contributed by atoms with E-state index in [0.29, 0.717) is 23.6 Å². The summed E-state index contributed by atoms with van der Waals surface area (Å²) in [5.41, 5.74) is 0.0458. The van der Waals surface area contributed by atoms with Crippen molar-refractivity contribution in [3.63, 3.8) is 0 Å². The van der Waals surface area contributed by atoms with E-state index in [1.807, 2.05) is 65.6 Å². The number of benzene rings is 2. The van der Waals surface area contributed by atoms with Crippen molar-refractivity contribution in [2.45, 2.75) is 50.1 Å². The molecule has 3 fully saturated rings. The number of rotatable bonds is 4. The van der Waals surface area contributed by atoms with Crippen LogP contribution in [0.15, 0.2) is 60.7 Å². The van der Waals surface area contributed by atoms with Crippen molar-refractivity contribution in [3.05, 3.63) is 71.8 Å². The molecule has 1 saturated carbocycles. The van der Waals surface area contributed by atoms with Crippen molar-refractivity contribution in [2.24, 2.45) is 5.92 Å². The molecule has 3 aliphatic rings. The minimum Gasteiger partial charge on any atom is -0.338 e. The van der Waals surface area contributed by atoms with Gasteiger partial charge in [0, 0.05) is 12.6 Å². The molecule has 0 unspecified atom stereocenters. The van der Waals surface area contributed by atoms with E-state index in [9.17, 15) is 14.4 Å². The molecule has 2 atom stereocenters. The zero-order valence-electron chi connectivity index (χ0n) is 18.2. The number of nitrogens with one attached hydrogen (secondary N) is 1. The van der Waals surface area contributed by atoms with Gasteiger partial charge in [-0.3, -0.25) is 14.5 Å². The Morgan fingerprint density at radius 2 is 1.47 bits per heavy atom. The van der Waals surface area contributed by atoms with Gasteiger partial charge in [0.05, 0.1) is 0 Å². The zero-order chi connectivity index (χ0) is 22.1. The van der Waals surface area contributed by atoms with Crippen molar-refractivity contribution >= 4 is 17.8 Å². The van der Waals surface area contributed by atoms with Gasteiger partial charge in [-0.1, -0.05) is 73.5 Å². The highest BCUT2D eigenvalue weighted by atomic mass is 16.2. The lowest BCUT2D eigenvalue weighted by atomic mass is 9.78. The van der Waals surface area contributed by atoms with Gasteiger partial charge in [0.2, 0.25) is 5.91 Å². The second-order valence-electron chi connectivity index (χ2n) is 9.14. The van der Waals surface area contributed by atoms with Gasteiger partial charge in [-0.05, 0) is 42.7 Å². The first-order valence-corrected chi connectivity index (χ1v) is 11.7. The number of fused-ring (bicyclic) bond motifs is 1. The second-order valence-corrected chi connectivity index (χ2v) is 9.14. The van der Waals surface area contributed by atoms with Gasteiger partial charge < -0.3 is 10.2 Å². The molecule has 1 N–H and O–H groups in total. The summed E-state index contributed by atoms with van der Waals surface area (Å²) in [6, 6.07) is 18.3. The summed E-state index contributed by atoms with van der Waals surface area (Å²) < 4.78 is 0. The molecule has 0 spiro atoms. The Bertz CT molecular complexity index is 966. The highest BCUT2D eigenvalue weighted by Crippen LogP contribution is 2.37. The topological polar surface area (TPSA) is 69.7 Å². The summed E-state index contributed by atoms with van der Waals surface area (Å²) in [6.45, 7) is 0.501. The molecule has 6 heteroatoms. The van der Waals surface area contributed by atoms with Crippen LogP contribution in [0.2, 0.25) is 0 Å². The monoisotopic (exact) mass is 431 g/mol. The maximum atomic E-state index is 13.8. The van der Waals surface area contributed by atoms with E-state index >= 15 is 0 Å². The molecule has 166 valence electrons. The van der Waals surface area contributed by atoms with Crippen LogP contribution in [0.5, 0.6) is 0 Å². The molecule has 1 aliphatic carbocycles. The molecule has 6 nitrogen and oxygen atoms in total. The standard InChI is InChI=1S/C26H29N3O3/c30-23(28-17-9-11-19-10-7-8-16-22(19)28)18-29-24(31)26(27-25(29)32,20-12-3-1-4-13-20)21-14-5-2-6-15-21/h1-6,12-15,19,22H,7-11,16-18H2,(H,27,32)/t19-,22-/m1/s1. The molecular formula is C26H29N3O3. The predicted molar refractivity (Wildman–Crippen MR) is 121 cm³/mol. The lowest BCUT2D eigenvalue weighted by Gasteiger charge is -2.44. The van der Waals surface area contributed by atoms with Gasteiger partial charge >= 0.3 is 6.03 Å². The number of amides is 4. The van der Waals surface area contributed by atoms with Crippen molar-refractivity contribution in [1.29, 1.82) is 0 Å². The first kappa shape index (κ1) is 20.7. The number of carbonyl (C=O) groups is 3. The summed E-state index contributed by atoms with van der Waals surface area (Å²) in [6.07, 6.45) is 6.72. The van der Waals surface area contributed by atoms with Crippen molar-refractivity contribution in [2.75, 3.05) is 13.1 Å². The van der Waals surface area contributed by atoms with E-state index < -0.39 is 17.5 Å². The SMILES string of the molecule is O=C1NC(c2ccccc2)(c2ccccc2)C(=O)N1CC(=O)N1CCC[C@H]2CCCC[C@H]21. The Balaban J connectivity index is 1.44. The van der Waals surface area contributed by atoms with Crippen LogP contribution >= 0.6 is 0 Å². The van der Waals surface area contributed by atoms with Crippen molar-refractivity contribution < 1.29 is 14.4 Å². The van der Waals surface area contributed by atoms with E-state index in [2.05, 4.69) is 5.32 Å². The van der Waals surface area contributed by atoms with Crippen LogP contribution in [-0.2, 0) is 15.1 Å². The molecule has 0 radical (unpaired) electrons. The number of hydrogen-bond acceptors (Lipinski definition) is 3. The van der Waals surface area contributed by atoms with Crippen molar-refractivity contribution in [3.8, 4) is 0 Å². The minimum atomic E-state index is -1.32. The highest BCUT2D eigenvalue weighted by molar-refractivity contribution is 6.11. The molecule has 0 aromatic heterocycles. The quantitative estimate of drug-likeness (QED) is 0.751. The van der Waals surface area contributed by atoms with Crippen LogP contribution in [-0.4, -0.2) is 46.8 Å². The largest absolute Gasteiger partial charge is 0.338 e. The molecule has 5 rings (SSSR count). The van der Waals surface area contributed by atoms with Crippen molar-refractivity contribution in [1.82, 2.24) is 15.1 Å². The summed E-state index contributed by atoms with van der Waals surface area (Å²) in [4.78, 5) is 43.3. The normalized spacial score (nSPS) is 24.8. The third kappa shape index (κ3) is 3.38. The number of imide groups is 1. The van der Waals surface area contributed by atoms with E-state index in [1.54, 1.807) is 0 Å². The lowest BCUT2D eigenvalue weighted by molar-refractivity contribution is -0.142. The predicted octanol–water partition coefficient (Wildman–Crippen LogP) is 3.66. The number of nitrogens with zero attached hydrogens (tertiary/aromatic N) is 2. The van der Waals surface area contributed by atoms with E-state index in [1.165, 1.54) is 19.3 Å². The van der Waals surface area contributed by atoms with Gasteiger partial charge in [0.1, 0.15) is 6.54 Å². The molecule has 2 saturated heterocycles. The number of carbonyl (C=O) groups excluding carboxylic acids is 3. The molecular weight excluding hydrogens is 402 g/mol. The number of piperidine rings is 1. The fraction of sp³-hybridized carbons (Fsp3) is 0.423. The number of hydrogen-bond donors (Lipinski definition) is 1. The Morgan fingerprint density at radius 1 is 0.875 bits per heavy atom. The zero-order valence-corrected chi connectivity index (χ0v) is 18.2. The molecule has 2 heterocycles. The smallest absolute Gasteiger partial charge is 0.326 e. The van der Waals surface area contributed by atoms with Crippen LogP contribution in [0, 0.1) is 5.92 Å². The molecule has 2 aromatic carbocycles. The van der Waals surface area contributed by atoms with Crippen LogP contribution < -0.4 is 5.32 Å². The Kier molecular flexibility index (Phi) is 5.45. The summed E-state index contributed by atoms with van der Waals surface area (Å²) in [5, 5.41) is 2.93. The highest BCUT2D eigenvalue weighted by Gasteiger charge is 2.54. The Labute approximate surface area is 188 Å². The fourth-order valence-corrected chi connectivity index (χ4v) is 5.81. The summed E-state index contributed by atoms with van der Waals surface area (Å²) in [7, 11) is 0. The van der Waals surface area contributed by atoms with Gasteiger partial charge in [0.15, 0.2) is 5.54 Å². The van der Waals surface area contributed by atoms with Gasteiger partial charge in [-0.25, -0.2) is 4.79 Å². The third-order valence-corrected chi connectivity index (χ3v) is 7.38. The van der Waals surface area contributed by atoms with Gasteiger partial charge in [-0.15, -0.1) is 0 Å². The molecule has 2 aromatic rings. The Morgan fingerprint density at radius 3 is 2.12 bits per heavy atom. The lowest BCUT2D eigenvalue weighted by Crippen LogP contribution is -2.53. The number of likely N-dealkylation sites (tertiary alicyclic amines) is 1. The first-order valence-electron chi connectivity index (χ1n) is 11.7. The molecule has 2 aliphatic heterocycles. The average Bonchev–Trinajstić information content (AvgIpc) is 3.10. The molecule has 32 heavy (non-hydrogen) atoms. The molecule has 4 amide bonds. The molecule has 0 bridgehead atoms. The van der Waals surface area contributed by atoms with Crippen LogP contribution in [0.3, 0.4) is 0 Å². The van der Waals surface area contributed by atoms with Crippen LogP contribution in [0.25, 0.3) is 0 Å². The fourth-order valence-electron chi connectivity index (χ4n) is 5.81.